The van der Waals surface area contributed by atoms with Gasteiger partial charge in [0.05, 0.1) is 7.11 Å². The van der Waals surface area contributed by atoms with Crippen molar-refractivity contribution in [2.24, 2.45) is 10.9 Å². The summed E-state index contributed by atoms with van der Waals surface area (Å²) in [5.41, 5.74) is 1.35. The first-order chi connectivity index (χ1) is 14.2. The van der Waals surface area contributed by atoms with Gasteiger partial charge in [-0.1, -0.05) is 31.4 Å². The Morgan fingerprint density at radius 1 is 1.10 bits per heavy atom. The molecule has 1 aromatic rings. The summed E-state index contributed by atoms with van der Waals surface area (Å²) in [6, 6.07) is 8.37. The summed E-state index contributed by atoms with van der Waals surface area (Å²) in [4.78, 5) is 18.9. The molecule has 1 amide bonds. The predicted molar refractivity (Wildman–Crippen MR) is 117 cm³/mol. The van der Waals surface area contributed by atoms with Crippen LogP contribution in [0.4, 0.5) is 0 Å². The quantitative estimate of drug-likeness (QED) is 0.419. The molecule has 1 aromatic carbocycles. The van der Waals surface area contributed by atoms with Crippen LogP contribution in [0.2, 0.25) is 0 Å². The van der Waals surface area contributed by atoms with Crippen molar-refractivity contribution in [3.63, 3.8) is 0 Å². The summed E-state index contributed by atoms with van der Waals surface area (Å²) < 4.78 is 5.25. The minimum atomic E-state index is 0.189. The van der Waals surface area contributed by atoms with Gasteiger partial charge in [0.1, 0.15) is 5.75 Å². The molecule has 2 aliphatic rings. The molecule has 0 radical (unpaired) electrons. The number of aliphatic imine (C=N–C) groups is 1. The van der Waals surface area contributed by atoms with Crippen molar-refractivity contribution in [1.29, 1.82) is 0 Å². The zero-order valence-electron chi connectivity index (χ0n) is 18.0. The third-order valence-electron chi connectivity index (χ3n) is 6.22. The summed E-state index contributed by atoms with van der Waals surface area (Å²) in [6.45, 7) is 3.29. The first-order valence-corrected chi connectivity index (χ1v) is 11.1. The molecule has 0 aromatic heterocycles. The first-order valence-electron chi connectivity index (χ1n) is 11.1. The molecule has 1 aliphatic carbocycles. The largest absolute Gasteiger partial charge is 0.497 e. The summed E-state index contributed by atoms with van der Waals surface area (Å²) in [5.74, 6) is 3.10. The van der Waals surface area contributed by atoms with Crippen molar-refractivity contribution in [2.45, 2.75) is 50.9 Å². The number of rotatable bonds is 7. The lowest BCUT2D eigenvalue weighted by Crippen LogP contribution is -2.43. The van der Waals surface area contributed by atoms with Crippen molar-refractivity contribution < 1.29 is 9.53 Å². The normalized spacial score (nSPS) is 20.6. The average Bonchev–Trinajstić information content (AvgIpc) is 3.24. The summed E-state index contributed by atoms with van der Waals surface area (Å²) >= 11 is 0. The van der Waals surface area contributed by atoms with Gasteiger partial charge in [-0.25, -0.2) is 0 Å². The van der Waals surface area contributed by atoms with Gasteiger partial charge in [0.15, 0.2) is 5.96 Å². The molecule has 6 nitrogen and oxygen atoms in total. The molecule has 29 heavy (non-hydrogen) atoms. The Hall–Kier alpha value is -2.24. The molecule has 1 saturated carbocycles. The van der Waals surface area contributed by atoms with Gasteiger partial charge in [-0.05, 0) is 42.9 Å². The monoisotopic (exact) mass is 400 g/mol. The average molecular weight is 401 g/mol. The first kappa shape index (κ1) is 21.5. The lowest BCUT2D eigenvalue weighted by atomic mass is 9.87. The highest BCUT2D eigenvalue weighted by Gasteiger charge is 2.26. The molecule has 1 heterocycles. The van der Waals surface area contributed by atoms with Gasteiger partial charge in [0.25, 0.3) is 0 Å². The third kappa shape index (κ3) is 6.38. The number of likely N-dealkylation sites (tertiary alicyclic amines) is 1. The van der Waals surface area contributed by atoms with Gasteiger partial charge >= 0.3 is 0 Å². The number of amides is 1. The van der Waals surface area contributed by atoms with Crippen molar-refractivity contribution in [1.82, 2.24) is 15.5 Å². The van der Waals surface area contributed by atoms with Crippen molar-refractivity contribution in [3.8, 4) is 5.75 Å². The van der Waals surface area contributed by atoms with Crippen LogP contribution in [0.1, 0.15) is 56.4 Å². The van der Waals surface area contributed by atoms with E-state index in [1.165, 1.54) is 37.7 Å². The van der Waals surface area contributed by atoms with Crippen LogP contribution in [0.25, 0.3) is 0 Å². The summed E-state index contributed by atoms with van der Waals surface area (Å²) in [6.07, 6.45) is 8.12. The number of carbonyl (C=O) groups is 1. The molecule has 1 atom stereocenters. The fraction of sp³-hybridized carbons (Fsp3) is 0.652. The molecule has 3 rings (SSSR count). The zero-order valence-corrected chi connectivity index (χ0v) is 18.0. The van der Waals surface area contributed by atoms with Crippen molar-refractivity contribution in [3.05, 3.63) is 29.8 Å². The lowest BCUT2D eigenvalue weighted by molar-refractivity contribution is -0.122. The Kier molecular flexibility index (Phi) is 8.20. The van der Waals surface area contributed by atoms with Crippen LogP contribution in [0.3, 0.4) is 0 Å². The van der Waals surface area contributed by atoms with E-state index in [0.717, 1.165) is 31.2 Å². The highest BCUT2D eigenvalue weighted by atomic mass is 16.5. The Bertz CT molecular complexity index is 668. The van der Waals surface area contributed by atoms with E-state index in [9.17, 15) is 4.79 Å². The molecule has 6 heteroatoms. The molecule has 1 saturated heterocycles. The Labute approximate surface area is 175 Å². The van der Waals surface area contributed by atoms with Crippen molar-refractivity contribution >= 4 is 11.9 Å². The fourth-order valence-electron chi connectivity index (χ4n) is 4.53. The second kappa shape index (κ2) is 11.1. The molecule has 0 spiro atoms. The second-order valence-corrected chi connectivity index (χ2v) is 8.24. The number of guanidine groups is 1. The number of methoxy groups -OCH3 is 1. The van der Waals surface area contributed by atoms with E-state index in [-0.39, 0.29) is 5.91 Å². The molecule has 1 unspecified atom stereocenters. The van der Waals surface area contributed by atoms with Crippen LogP contribution >= 0.6 is 0 Å². The van der Waals surface area contributed by atoms with E-state index in [1.807, 2.05) is 19.2 Å². The van der Waals surface area contributed by atoms with Crippen LogP contribution in [-0.2, 0) is 4.79 Å². The minimum Gasteiger partial charge on any atom is -0.497 e. The number of carbonyl (C=O) groups excluding carboxylic acids is 1. The maximum absolute atomic E-state index is 12.1. The molecular weight excluding hydrogens is 364 g/mol. The number of nitrogens with one attached hydrogen (secondary N) is 2. The van der Waals surface area contributed by atoms with Gasteiger partial charge in [-0.15, -0.1) is 0 Å². The van der Waals surface area contributed by atoms with Gasteiger partial charge < -0.3 is 20.3 Å². The second-order valence-electron chi connectivity index (χ2n) is 8.24. The van der Waals surface area contributed by atoms with E-state index in [4.69, 9.17) is 4.74 Å². The number of nitrogens with zero attached hydrogens (tertiary/aromatic N) is 2. The van der Waals surface area contributed by atoms with Gasteiger partial charge in [-0.3, -0.25) is 9.79 Å². The lowest BCUT2D eigenvalue weighted by Gasteiger charge is -2.22. The van der Waals surface area contributed by atoms with E-state index < -0.39 is 0 Å². The fourth-order valence-corrected chi connectivity index (χ4v) is 4.53. The maximum atomic E-state index is 12.1. The van der Waals surface area contributed by atoms with E-state index >= 15 is 0 Å². The zero-order chi connectivity index (χ0) is 20.5. The summed E-state index contributed by atoms with van der Waals surface area (Å²) in [7, 11) is 3.52. The SMILES string of the molecule is CN=C(NCCNC(=O)CC1CCCCC1)N1CCC(c2ccc(OC)cc2)C1. The molecule has 160 valence electrons. The molecule has 2 fully saturated rings. The number of ether oxygens (including phenoxy) is 1. The van der Waals surface area contributed by atoms with Gasteiger partial charge in [-0.2, -0.15) is 0 Å². The molecule has 2 N–H and O–H groups in total. The summed E-state index contributed by atoms with van der Waals surface area (Å²) in [5, 5.41) is 6.46. The molecular formula is C23H36N4O2. The van der Waals surface area contributed by atoms with Gasteiger partial charge in [0.2, 0.25) is 5.91 Å². The number of benzene rings is 1. The number of hydrogen-bond acceptors (Lipinski definition) is 3. The van der Waals surface area contributed by atoms with E-state index in [1.54, 1.807) is 7.11 Å². The minimum absolute atomic E-state index is 0.189. The topological polar surface area (TPSA) is 66.0 Å². The van der Waals surface area contributed by atoms with Crippen molar-refractivity contribution in [2.75, 3.05) is 40.3 Å². The smallest absolute Gasteiger partial charge is 0.220 e. The Morgan fingerprint density at radius 3 is 2.52 bits per heavy atom. The Balaban J connectivity index is 1.37. The van der Waals surface area contributed by atoms with Gasteiger partial charge in [0, 0.05) is 45.6 Å². The highest BCUT2D eigenvalue weighted by Crippen LogP contribution is 2.28. The molecule has 0 bridgehead atoms. The predicted octanol–water partition coefficient (Wildman–Crippen LogP) is 3.15. The standard InChI is InChI=1S/C23H36N4O2/c1-24-23(26-14-13-25-22(28)16-18-6-4-3-5-7-18)27-15-12-20(17-27)19-8-10-21(29-2)11-9-19/h8-11,18,20H,3-7,12-17H2,1-2H3,(H,24,26)(H,25,28). The van der Waals surface area contributed by atoms with Crippen LogP contribution < -0.4 is 15.4 Å². The molecule has 1 aliphatic heterocycles. The van der Waals surface area contributed by atoms with Crippen LogP contribution in [0.5, 0.6) is 5.75 Å². The van der Waals surface area contributed by atoms with Crippen LogP contribution in [0, 0.1) is 5.92 Å². The third-order valence-corrected chi connectivity index (χ3v) is 6.22. The van der Waals surface area contributed by atoms with Crippen LogP contribution in [-0.4, -0.2) is 57.1 Å². The van der Waals surface area contributed by atoms with Crippen LogP contribution in [0.15, 0.2) is 29.3 Å². The van der Waals surface area contributed by atoms with E-state index in [0.29, 0.717) is 31.3 Å². The highest BCUT2D eigenvalue weighted by molar-refractivity contribution is 5.80. The maximum Gasteiger partial charge on any atom is 0.220 e. The van der Waals surface area contributed by atoms with E-state index in [2.05, 4.69) is 32.7 Å². The Morgan fingerprint density at radius 2 is 1.83 bits per heavy atom. The number of hydrogen-bond donors (Lipinski definition) is 2.